The number of rotatable bonds is 10. The van der Waals surface area contributed by atoms with Crippen molar-refractivity contribution >= 4 is 18.1 Å². The number of nitrogens with zero attached hydrogens (tertiary/aromatic N) is 4. The van der Waals surface area contributed by atoms with Crippen molar-refractivity contribution in [2.24, 2.45) is 10.9 Å². The molecule has 4 rings (SSSR count). The van der Waals surface area contributed by atoms with E-state index in [-0.39, 0.29) is 23.8 Å². The summed E-state index contributed by atoms with van der Waals surface area (Å²) in [4.78, 5) is 22.5. The average Bonchev–Trinajstić information content (AvgIpc) is 3.64. The zero-order valence-corrected chi connectivity index (χ0v) is 20.0. The highest BCUT2D eigenvalue weighted by Crippen LogP contribution is 2.51. The predicted octanol–water partition coefficient (Wildman–Crippen LogP) is 3.39. The van der Waals surface area contributed by atoms with Crippen molar-refractivity contribution in [3.63, 3.8) is 0 Å². The first-order valence-corrected chi connectivity index (χ1v) is 11.6. The molecule has 2 N–H and O–H groups in total. The maximum atomic E-state index is 14.7. The lowest BCUT2D eigenvalue weighted by Gasteiger charge is -2.36. The molecule has 190 valence electrons. The number of anilines is 1. The van der Waals surface area contributed by atoms with Crippen molar-refractivity contribution < 1.29 is 22.7 Å². The van der Waals surface area contributed by atoms with Crippen LogP contribution in [0.25, 0.3) is 0 Å². The molecule has 1 aliphatic carbocycles. The first kappa shape index (κ1) is 25.4. The minimum atomic E-state index is -2.94. The molecule has 8 nitrogen and oxygen atoms in total. The molecule has 11 heteroatoms. The molecule has 2 heterocycles. The highest BCUT2D eigenvalue weighted by molar-refractivity contribution is 6.04. The third-order valence-corrected chi connectivity index (χ3v) is 6.56. The number of benzene rings is 1. The van der Waals surface area contributed by atoms with Crippen LogP contribution in [0.15, 0.2) is 29.3 Å². The highest BCUT2D eigenvalue weighted by atomic mass is 19.3. The fourth-order valence-electron chi connectivity index (χ4n) is 4.40. The molecule has 1 aromatic heterocycles. The molecule has 36 heavy (non-hydrogen) atoms. The third-order valence-electron chi connectivity index (χ3n) is 6.56. The second-order valence-corrected chi connectivity index (χ2v) is 9.15. The van der Waals surface area contributed by atoms with Gasteiger partial charge >= 0.3 is 0 Å². The Kier molecular flexibility index (Phi) is 7.45. The fourth-order valence-corrected chi connectivity index (χ4v) is 4.40. The van der Waals surface area contributed by atoms with E-state index in [1.165, 1.54) is 19.2 Å². The summed E-state index contributed by atoms with van der Waals surface area (Å²) in [6.07, 6.45) is -1.20. The largest absolute Gasteiger partial charge is 0.481 e. The number of carbonyl (C=O) groups excluding carboxylic acids is 1. The van der Waals surface area contributed by atoms with Crippen LogP contribution in [0.2, 0.25) is 0 Å². The Morgan fingerprint density at radius 2 is 2.17 bits per heavy atom. The number of alkyl halides is 2. The maximum Gasteiger partial charge on any atom is 0.266 e. The Labute approximate surface area is 207 Å². The van der Waals surface area contributed by atoms with E-state index in [4.69, 9.17) is 4.74 Å². The molecule has 0 atom stereocenters. The average molecular weight is 501 g/mol. The van der Waals surface area contributed by atoms with Crippen LogP contribution in [-0.4, -0.2) is 55.9 Å². The summed E-state index contributed by atoms with van der Waals surface area (Å²) in [5, 5.41) is 15.6. The lowest BCUT2D eigenvalue weighted by atomic mass is 9.96. The van der Waals surface area contributed by atoms with Gasteiger partial charge in [0, 0.05) is 36.7 Å². The third kappa shape index (κ3) is 5.14. The van der Waals surface area contributed by atoms with E-state index in [9.17, 15) is 23.2 Å². The van der Waals surface area contributed by atoms with Gasteiger partial charge in [0.25, 0.3) is 6.43 Å². The van der Waals surface area contributed by atoms with Gasteiger partial charge in [0.2, 0.25) is 12.3 Å². The quantitative estimate of drug-likeness (QED) is 0.295. The minimum Gasteiger partial charge on any atom is -0.481 e. The van der Waals surface area contributed by atoms with Gasteiger partial charge in [0.15, 0.2) is 0 Å². The number of aromatic nitrogens is 1. The Balaban J connectivity index is 1.76. The van der Waals surface area contributed by atoms with Gasteiger partial charge in [-0.05, 0) is 26.0 Å². The number of hydrogen-bond donors (Lipinski definition) is 2. The zero-order valence-electron chi connectivity index (χ0n) is 20.0. The summed E-state index contributed by atoms with van der Waals surface area (Å²) >= 11 is 0. The van der Waals surface area contributed by atoms with Gasteiger partial charge in [-0.25, -0.2) is 13.2 Å². The second-order valence-electron chi connectivity index (χ2n) is 9.15. The van der Waals surface area contributed by atoms with E-state index in [1.807, 2.05) is 7.05 Å². The minimum absolute atomic E-state index is 0.0118. The van der Waals surface area contributed by atoms with Crippen LogP contribution >= 0.6 is 0 Å². The normalized spacial score (nSPS) is 17.3. The number of likely N-dealkylation sites (tertiary alicyclic amines) is 1. The van der Waals surface area contributed by atoms with E-state index >= 15 is 0 Å². The van der Waals surface area contributed by atoms with E-state index in [0.29, 0.717) is 48.7 Å². The van der Waals surface area contributed by atoms with Crippen molar-refractivity contribution in [2.75, 3.05) is 39.1 Å². The van der Waals surface area contributed by atoms with Crippen LogP contribution in [0.3, 0.4) is 0 Å². The summed E-state index contributed by atoms with van der Waals surface area (Å²) in [6.45, 7) is 2.10. The molecule has 2 aliphatic rings. The topological polar surface area (TPSA) is 103 Å². The van der Waals surface area contributed by atoms with E-state index in [2.05, 4.69) is 31.6 Å². The molecule has 0 bridgehead atoms. The highest BCUT2D eigenvalue weighted by Gasteiger charge is 2.48. The molecule has 1 amide bonds. The molecule has 0 radical (unpaired) electrons. The van der Waals surface area contributed by atoms with Gasteiger partial charge in [-0.15, -0.1) is 0 Å². The van der Waals surface area contributed by atoms with Gasteiger partial charge in [0.05, 0.1) is 36.3 Å². The predicted molar refractivity (Wildman–Crippen MR) is 128 cm³/mol. The van der Waals surface area contributed by atoms with Crippen LogP contribution in [0, 0.1) is 23.1 Å². The number of aliphatic imine (C=N–C) groups is 1. The molecular weight excluding hydrogens is 473 g/mol. The first-order valence-electron chi connectivity index (χ1n) is 11.6. The van der Waals surface area contributed by atoms with Crippen LogP contribution in [0.5, 0.6) is 5.88 Å². The molecule has 1 saturated heterocycles. The molecule has 1 saturated carbocycles. The van der Waals surface area contributed by atoms with Crippen LogP contribution in [-0.2, 0) is 16.8 Å². The number of nitriles is 1. The smallest absolute Gasteiger partial charge is 0.266 e. The zero-order chi connectivity index (χ0) is 25.9. The van der Waals surface area contributed by atoms with E-state index in [0.717, 1.165) is 19.2 Å². The Morgan fingerprint density at radius 3 is 2.75 bits per heavy atom. The Hall–Kier alpha value is -3.65. The van der Waals surface area contributed by atoms with Gasteiger partial charge in [0.1, 0.15) is 17.5 Å². The summed E-state index contributed by atoms with van der Waals surface area (Å²) in [6, 6.07) is 7.84. The van der Waals surface area contributed by atoms with Crippen LogP contribution in [0.4, 0.5) is 19.0 Å². The molecule has 1 aliphatic heterocycles. The lowest BCUT2D eigenvalue weighted by Crippen LogP contribution is -2.49. The lowest BCUT2D eigenvalue weighted by molar-refractivity contribution is -0.105. The number of amidine groups is 1. The molecule has 2 aromatic rings. The SMILES string of the molecule is COc1nc(NC=O)c(C(=NCc2cccc(C(F)F)c2F)NCC2CN(C)C2)cc1C1(C#N)CC1. The van der Waals surface area contributed by atoms with Crippen molar-refractivity contribution in [1.82, 2.24) is 15.2 Å². The van der Waals surface area contributed by atoms with Crippen molar-refractivity contribution in [3.05, 3.63) is 52.3 Å². The number of carbonyl (C=O) groups is 1. The number of nitrogens with one attached hydrogen (secondary N) is 2. The molecule has 1 aromatic carbocycles. The number of pyridine rings is 1. The molecule has 0 spiro atoms. The monoisotopic (exact) mass is 500 g/mol. The maximum absolute atomic E-state index is 14.7. The second kappa shape index (κ2) is 10.5. The number of ether oxygens (including phenoxy) is 1. The van der Waals surface area contributed by atoms with Crippen LogP contribution < -0.4 is 15.4 Å². The fraction of sp³-hybridized carbons (Fsp3) is 0.440. The molecule has 0 unspecified atom stereocenters. The molecular formula is C25H27F3N6O2. The van der Waals surface area contributed by atoms with Gasteiger partial charge < -0.3 is 20.3 Å². The van der Waals surface area contributed by atoms with Crippen LogP contribution in [0.1, 0.15) is 41.5 Å². The van der Waals surface area contributed by atoms with Crippen molar-refractivity contribution in [2.45, 2.75) is 31.2 Å². The Morgan fingerprint density at radius 1 is 1.42 bits per heavy atom. The van der Waals surface area contributed by atoms with Crippen molar-refractivity contribution in [1.29, 1.82) is 5.26 Å². The van der Waals surface area contributed by atoms with Crippen molar-refractivity contribution in [3.8, 4) is 11.9 Å². The number of halogens is 3. The Bertz CT molecular complexity index is 1200. The summed E-state index contributed by atoms with van der Waals surface area (Å²) in [5.74, 6) is 0.0235. The van der Waals surface area contributed by atoms with Gasteiger partial charge in [-0.2, -0.15) is 10.2 Å². The number of methoxy groups -OCH3 is 1. The summed E-state index contributed by atoms with van der Waals surface area (Å²) in [7, 11) is 3.44. The number of amides is 1. The standard InChI is InChI=1S/C25H27F3N6O2/c1-34-11-15(12-34)9-30-22(31-10-16-4-3-5-17(20(16)26)21(27)28)18-8-19(25(13-29)6-7-25)24(36-2)33-23(18)32-14-35/h3-5,8,14-15,21H,6-7,9-12H2,1-2H3,(H,30,31)(H,32,33,35). The number of hydrogen-bond acceptors (Lipinski definition) is 6. The van der Waals surface area contributed by atoms with Gasteiger partial charge in [-0.1, -0.05) is 18.2 Å². The summed E-state index contributed by atoms with van der Waals surface area (Å²) < 4.78 is 46.4. The van der Waals surface area contributed by atoms with E-state index < -0.39 is 23.2 Å². The van der Waals surface area contributed by atoms with E-state index in [1.54, 1.807) is 6.07 Å². The summed E-state index contributed by atoms with van der Waals surface area (Å²) in [5.41, 5.74) is -0.444. The molecule has 2 fully saturated rings. The van der Waals surface area contributed by atoms with Gasteiger partial charge in [-0.3, -0.25) is 9.79 Å². The first-order chi connectivity index (χ1) is 17.3.